The summed E-state index contributed by atoms with van der Waals surface area (Å²) in [6, 6.07) is 5.36. The number of non-ortho nitro benzene ring substituents is 1. The van der Waals surface area contributed by atoms with E-state index in [1.54, 1.807) is 4.90 Å². The molecule has 0 aliphatic carbocycles. The predicted molar refractivity (Wildman–Crippen MR) is 90.4 cm³/mol. The average molecular weight is 366 g/mol. The molecule has 1 fully saturated rings. The van der Waals surface area contributed by atoms with Gasteiger partial charge in [0.2, 0.25) is 11.2 Å². The molecule has 2 N–H and O–H groups in total. The topological polar surface area (TPSA) is 126 Å². The number of halogens is 1. The Balaban J connectivity index is 1.99. The van der Waals surface area contributed by atoms with Crippen LogP contribution >= 0.6 is 11.6 Å². The fourth-order valence-corrected chi connectivity index (χ4v) is 3.12. The van der Waals surface area contributed by atoms with Crippen molar-refractivity contribution in [2.45, 2.75) is 24.9 Å². The Morgan fingerprint density at radius 1 is 1.12 bits per heavy atom. The van der Waals surface area contributed by atoms with E-state index in [1.165, 1.54) is 24.3 Å². The Morgan fingerprint density at radius 3 is 2.24 bits per heavy atom. The van der Waals surface area contributed by atoms with E-state index in [1.807, 2.05) is 0 Å². The molecule has 1 aliphatic heterocycles. The minimum absolute atomic E-state index is 0.0290. The van der Waals surface area contributed by atoms with Gasteiger partial charge >= 0.3 is 0 Å². The number of rotatable bonds is 5. The van der Waals surface area contributed by atoms with Crippen molar-refractivity contribution in [1.29, 1.82) is 0 Å². The van der Waals surface area contributed by atoms with Gasteiger partial charge in [0.15, 0.2) is 5.82 Å². The van der Waals surface area contributed by atoms with Crippen molar-refractivity contribution in [3.8, 4) is 11.4 Å². The molecule has 2 heterocycles. The van der Waals surface area contributed by atoms with E-state index in [9.17, 15) is 20.3 Å². The molecule has 2 atom stereocenters. The summed E-state index contributed by atoms with van der Waals surface area (Å²) in [5, 5.41) is 29.8. The Hall–Kier alpha value is -2.36. The van der Waals surface area contributed by atoms with Crippen molar-refractivity contribution in [3.63, 3.8) is 0 Å². The van der Waals surface area contributed by atoms with Crippen molar-refractivity contribution in [3.05, 3.63) is 39.7 Å². The number of hydrogen-bond donors (Lipinski definition) is 2. The van der Waals surface area contributed by atoms with Gasteiger partial charge in [0.05, 0.1) is 30.2 Å². The molecule has 25 heavy (non-hydrogen) atoms. The summed E-state index contributed by atoms with van der Waals surface area (Å²) < 4.78 is 0. The zero-order valence-electron chi connectivity index (χ0n) is 13.1. The van der Waals surface area contributed by atoms with E-state index < -0.39 is 4.92 Å². The number of nitro benzene ring substituents is 1. The van der Waals surface area contributed by atoms with Crippen molar-refractivity contribution in [2.75, 3.05) is 18.1 Å². The Bertz CT molecular complexity index is 761. The van der Waals surface area contributed by atoms with Crippen LogP contribution in [0.25, 0.3) is 11.4 Å². The maximum absolute atomic E-state index is 10.8. The van der Waals surface area contributed by atoms with Crippen molar-refractivity contribution in [1.82, 2.24) is 15.0 Å². The standard InChI is InChI=1S/C15H16ClN5O4/c16-14-17-13(9-1-3-10(4-2-9)21(24)25)18-15(19-14)20-11(7-22)5-6-12(20)8-23/h1-4,11-12,22-23H,5-8H2/t11-,12?/m0/s1. The molecule has 1 unspecified atom stereocenters. The summed E-state index contributed by atoms with van der Waals surface area (Å²) in [6.45, 7) is -0.181. The van der Waals surface area contributed by atoms with E-state index in [-0.39, 0.29) is 48.0 Å². The molecule has 0 spiro atoms. The highest BCUT2D eigenvalue weighted by Crippen LogP contribution is 2.30. The van der Waals surface area contributed by atoms with Crippen molar-refractivity contribution < 1.29 is 15.1 Å². The van der Waals surface area contributed by atoms with Gasteiger partial charge in [0, 0.05) is 17.7 Å². The van der Waals surface area contributed by atoms with Gasteiger partial charge < -0.3 is 15.1 Å². The molecular weight excluding hydrogens is 350 g/mol. The number of nitro groups is 1. The van der Waals surface area contributed by atoms with Crippen LogP contribution in [0.5, 0.6) is 0 Å². The first-order valence-corrected chi connectivity index (χ1v) is 8.07. The minimum atomic E-state index is -0.489. The van der Waals surface area contributed by atoms with Crippen molar-refractivity contribution >= 4 is 23.2 Å². The lowest BCUT2D eigenvalue weighted by atomic mass is 10.2. The summed E-state index contributed by atoms with van der Waals surface area (Å²) in [5.74, 6) is 0.536. The lowest BCUT2D eigenvalue weighted by Gasteiger charge is -2.28. The number of aliphatic hydroxyl groups excluding tert-OH is 2. The number of aromatic nitrogens is 3. The Kier molecular flexibility index (Phi) is 5.07. The quantitative estimate of drug-likeness (QED) is 0.602. The fourth-order valence-electron chi connectivity index (χ4n) is 2.96. The van der Waals surface area contributed by atoms with E-state index in [0.717, 1.165) is 0 Å². The molecule has 0 radical (unpaired) electrons. The van der Waals surface area contributed by atoms with Gasteiger partial charge in [0.1, 0.15) is 0 Å². The van der Waals surface area contributed by atoms with Crippen LogP contribution in [0.1, 0.15) is 12.8 Å². The predicted octanol–water partition coefficient (Wildman–Crippen LogP) is 1.42. The normalized spacial score (nSPS) is 20.0. The lowest BCUT2D eigenvalue weighted by Crippen LogP contribution is -2.41. The molecule has 1 aromatic heterocycles. The number of nitrogens with zero attached hydrogens (tertiary/aromatic N) is 5. The second-order valence-electron chi connectivity index (χ2n) is 5.69. The zero-order valence-corrected chi connectivity index (χ0v) is 13.9. The summed E-state index contributed by atoms with van der Waals surface area (Å²) >= 11 is 6.02. The van der Waals surface area contributed by atoms with Gasteiger partial charge in [0.25, 0.3) is 5.69 Å². The minimum Gasteiger partial charge on any atom is -0.394 e. The summed E-state index contributed by atoms with van der Waals surface area (Å²) in [6.07, 6.45) is 1.41. The maximum Gasteiger partial charge on any atom is 0.269 e. The molecule has 0 bridgehead atoms. The van der Waals surface area contributed by atoms with Gasteiger partial charge in [-0.15, -0.1) is 0 Å². The largest absolute Gasteiger partial charge is 0.394 e. The molecular formula is C15H16ClN5O4. The molecule has 0 amide bonds. The number of benzene rings is 1. The third-order valence-corrected chi connectivity index (χ3v) is 4.37. The zero-order chi connectivity index (χ0) is 18.0. The highest BCUT2D eigenvalue weighted by atomic mass is 35.5. The molecule has 3 rings (SSSR count). The third kappa shape index (κ3) is 3.53. The van der Waals surface area contributed by atoms with Crippen LogP contribution in [0, 0.1) is 10.1 Å². The van der Waals surface area contributed by atoms with Gasteiger partial charge in [-0.1, -0.05) is 0 Å². The van der Waals surface area contributed by atoms with Crippen LogP contribution in [0.15, 0.2) is 24.3 Å². The van der Waals surface area contributed by atoms with Crippen LogP contribution in [-0.2, 0) is 0 Å². The van der Waals surface area contributed by atoms with Crippen LogP contribution in [0.4, 0.5) is 11.6 Å². The van der Waals surface area contributed by atoms with Crippen molar-refractivity contribution in [2.24, 2.45) is 0 Å². The number of anilines is 1. The molecule has 0 saturated carbocycles. The van der Waals surface area contributed by atoms with Gasteiger partial charge in [-0.3, -0.25) is 10.1 Å². The monoisotopic (exact) mass is 365 g/mol. The molecule has 10 heteroatoms. The van der Waals surface area contributed by atoms with Crippen LogP contribution in [0.3, 0.4) is 0 Å². The SMILES string of the molecule is O=[N+]([O-])c1ccc(-c2nc(Cl)nc(N3C(CO)CC[C@H]3CO)n2)cc1. The van der Waals surface area contributed by atoms with Gasteiger partial charge in [-0.2, -0.15) is 15.0 Å². The van der Waals surface area contributed by atoms with E-state index in [0.29, 0.717) is 18.4 Å². The Morgan fingerprint density at radius 2 is 1.72 bits per heavy atom. The fraction of sp³-hybridized carbons (Fsp3) is 0.400. The molecule has 2 aromatic rings. The highest BCUT2D eigenvalue weighted by Gasteiger charge is 2.35. The van der Waals surface area contributed by atoms with Crippen LogP contribution < -0.4 is 4.90 Å². The molecule has 9 nitrogen and oxygen atoms in total. The molecule has 1 aromatic carbocycles. The second-order valence-corrected chi connectivity index (χ2v) is 6.03. The van der Waals surface area contributed by atoms with Crippen LogP contribution in [-0.4, -0.2) is 55.4 Å². The Labute approximate surface area is 148 Å². The second kappa shape index (κ2) is 7.26. The first kappa shape index (κ1) is 17.5. The number of aliphatic hydroxyl groups is 2. The summed E-state index contributed by atoms with van der Waals surface area (Å²) in [4.78, 5) is 24.6. The molecule has 132 valence electrons. The highest BCUT2D eigenvalue weighted by molar-refractivity contribution is 6.28. The number of hydrogen-bond acceptors (Lipinski definition) is 8. The lowest BCUT2D eigenvalue weighted by molar-refractivity contribution is -0.384. The average Bonchev–Trinajstić information content (AvgIpc) is 3.04. The van der Waals surface area contributed by atoms with E-state index >= 15 is 0 Å². The van der Waals surface area contributed by atoms with Crippen LogP contribution in [0.2, 0.25) is 5.28 Å². The smallest absolute Gasteiger partial charge is 0.269 e. The summed E-state index contributed by atoms with van der Waals surface area (Å²) in [7, 11) is 0. The first-order chi connectivity index (χ1) is 12.0. The van der Waals surface area contributed by atoms with Gasteiger partial charge in [-0.25, -0.2) is 0 Å². The molecule has 1 aliphatic rings. The maximum atomic E-state index is 10.8. The van der Waals surface area contributed by atoms with Gasteiger partial charge in [-0.05, 0) is 36.6 Å². The van der Waals surface area contributed by atoms with E-state index in [2.05, 4.69) is 15.0 Å². The molecule has 1 saturated heterocycles. The first-order valence-electron chi connectivity index (χ1n) is 7.70. The summed E-state index contributed by atoms with van der Waals surface area (Å²) in [5.41, 5.74) is 0.515. The van der Waals surface area contributed by atoms with E-state index in [4.69, 9.17) is 11.6 Å². The third-order valence-electron chi connectivity index (χ3n) is 4.20.